The number of carboxylic acid groups (broad SMARTS) is 1. The normalized spacial score (nSPS) is 19.4. The van der Waals surface area contributed by atoms with Crippen molar-refractivity contribution in [3.8, 4) is 11.5 Å². The van der Waals surface area contributed by atoms with E-state index in [1.807, 2.05) is 0 Å². The average molecular weight is 392 g/mol. The molecule has 5 N–H and O–H groups in total. The van der Waals surface area contributed by atoms with Gasteiger partial charge in [0.25, 0.3) is 0 Å². The third-order valence-electron chi connectivity index (χ3n) is 5.23. The quantitative estimate of drug-likeness (QED) is 0.380. The monoisotopic (exact) mass is 392 g/mol. The number of hydrogen-bond donors (Lipinski definition) is 5. The molecule has 1 unspecified atom stereocenters. The molecular formula is C18H25BN2O7. The van der Waals surface area contributed by atoms with Crippen LogP contribution in [-0.4, -0.2) is 76.4 Å². The number of likely N-dealkylation sites (tertiary alicyclic amines) is 1. The Bertz CT molecular complexity index is 731. The van der Waals surface area contributed by atoms with E-state index in [1.54, 1.807) is 4.90 Å². The van der Waals surface area contributed by atoms with Crippen molar-refractivity contribution in [1.29, 1.82) is 0 Å². The van der Waals surface area contributed by atoms with Crippen molar-refractivity contribution < 1.29 is 34.6 Å². The molecule has 3 rings (SSSR count). The lowest BCUT2D eigenvalue weighted by molar-refractivity contribution is -0.140. The molecule has 0 aromatic heterocycles. The third-order valence-corrected chi connectivity index (χ3v) is 5.23. The molecule has 2 aliphatic rings. The Morgan fingerprint density at radius 1 is 1.29 bits per heavy atom. The molecule has 28 heavy (non-hydrogen) atoms. The van der Waals surface area contributed by atoms with Gasteiger partial charge in [-0.05, 0) is 49.8 Å². The van der Waals surface area contributed by atoms with E-state index in [-0.39, 0.29) is 36.1 Å². The summed E-state index contributed by atoms with van der Waals surface area (Å²) in [5.41, 5.74) is -0.0554. The molecular weight excluding hydrogens is 367 g/mol. The van der Waals surface area contributed by atoms with Gasteiger partial charge in [-0.2, -0.15) is 0 Å². The summed E-state index contributed by atoms with van der Waals surface area (Å²) in [6.07, 6.45) is 1.27. The lowest BCUT2D eigenvalue weighted by Crippen LogP contribution is -2.56. The van der Waals surface area contributed by atoms with Crippen LogP contribution in [0.15, 0.2) is 12.1 Å². The number of amides is 1. The molecule has 2 saturated heterocycles. The topological polar surface area (TPSA) is 140 Å². The summed E-state index contributed by atoms with van der Waals surface area (Å²) in [6.45, 7) is 2.58. The number of nitrogens with zero attached hydrogens (tertiary/aromatic N) is 1. The van der Waals surface area contributed by atoms with Crippen LogP contribution < -0.4 is 10.1 Å². The SMILES string of the molecule is O=C(O)c1c(OC2CN(C(=O)CC3CCNC3)C2)ccc(CCB(O)O)c1O. The Morgan fingerprint density at radius 3 is 2.64 bits per heavy atom. The maximum absolute atomic E-state index is 12.2. The fourth-order valence-corrected chi connectivity index (χ4v) is 3.57. The molecule has 0 spiro atoms. The van der Waals surface area contributed by atoms with E-state index >= 15 is 0 Å². The zero-order chi connectivity index (χ0) is 20.3. The van der Waals surface area contributed by atoms with Crippen molar-refractivity contribution in [3.63, 3.8) is 0 Å². The summed E-state index contributed by atoms with van der Waals surface area (Å²) in [4.78, 5) is 25.5. The largest absolute Gasteiger partial charge is 0.507 e. The van der Waals surface area contributed by atoms with E-state index in [2.05, 4.69) is 5.32 Å². The molecule has 10 heteroatoms. The summed E-state index contributed by atoms with van der Waals surface area (Å²) in [7, 11) is -1.54. The minimum Gasteiger partial charge on any atom is -0.507 e. The number of ether oxygens (including phenoxy) is 1. The zero-order valence-corrected chi connectivity index (χ0v) is 15.5. The molecule has 1 aromatic rings. The number of carbonyl (C=O) groups excluding carboxylic acids is 1. The van der Waals surface area contributed by atoms with Gasteiger partial charge in [-0.15, -0.1) is 0 Å². The zero-order valence-electron chi connectivity index (χ0n) is 15.5. The maximum atomic E-state index is 12.2. The smallest absolute Gasteiger partial charge is 0.451 e. The summed E-state index contributed by atoms with van der Waals surface area (Å²) >= 11 is 0. The number of phenols is 1. The number of hydrogen-bond acceptors (Lipinski definition) is 7. The van der Waals surface area contributed by atoms with Crippen LogP contribution in [0.2, 0.25) is 6.32 Å². The van der Waals surface area contributed by atoms with Crippen LogP contribution in [0.5, 0.6) is 11.5 Å². The highest BCUT2D eigenvalue weighted by atomic mass is 16.5. The maximum Gasteiger partial charge on any atom is 0.451 e. The molecule has 0 aliphatic carbocycles. The number of aryl methyl sites for hydroxylation is 1. The number of aromatic hydroxyl groups is 1. The minimum atomic E-state index is -1.54. The number of benzene rings is 1. The number of rotatable bonds is 8. The van der Waals surface area contributed by atoms with Gasteiger partial charge in [0.15, 0.2) is 0 Å². The van der Waals surface area contributed by atoms with Gasteiger partial charge in [0, 0.05) is 6.42 Å². The van der Waals surface area contributed by atoms with Gasteiger partial charge in [-0.1, -0.05) is 6.07 Å². The minimum absolute atomic E-state index is 0.0248. The second-order valence-corrected chi connectivity index (χ2v) is 7.37. The molecule has 9 nitrogen and oxygen atoms in total. The highest BCUT2D eigenvalue weighted by Gasteiger charge is 2.34. The van der Waals surface area contributed by atoms with Gasteiger partial charge in [0.05, 0.1) is 13.1 Å². The van der Waals surface area contributed by atoms with Gasteiger partial charge in [0.1, 0.15) is 23.2 Å². The van der Waals surface area contributed by atoms with Crippen molar-refractivity contribution >= 4 is 19.0 Å². The number of carbonyl (C=O) groups is 2. The van der Waals surface area contributed by atoms with E-state index in [9.17, 15) is 19.8 Å². The molecule has 152 valence electrons. The lowest BCUT2D eigenvalue weighted by atomic mass is 9.82. The van der Waals surface area contributed by atoms with E-state index in [4.69, 9.17) is 14.8 Å². The van der Waals surface area contributed by atoms with Crippen LogP contribution in [0.4, 0.5) is 0 Å². The van der Waals surface area contributed by atoms with Gasteiger partial charge in [0.2, 0.25) is 5.91 Å². The lowest BCUT2D eigenvalue weighted by Gasteiger charge is -2.39. The predicted molar refractivity (Wildman–Crippen MR) is 100 cm³/mol. The summed E-state index contributed by atoms with van der Waals surface area (Å²) in [5.74, 6) is -1.29. The molecule has 0 bridgehead atoms. The van der Waals surface area contributed by atoms with E-state index in [0.717, 1.165) is 19.5 Å². The molecule has 0 radical (unpaired) electrons. The summed E-state index contributed by atoms with van der Waals surface area (Å²) in [6, 6.07) is 2.96. The van der Waals surface area contributed by atoms with Gasteiger partial charge >= 0.3 is 13.1 Å². The van der Waals surface area contributed by atoms with E-state index < -0.39 is 18.8 Å². The van der Waals surface area contributed by atoms with Gasteiger partial charge in [-0.3, -0.25) is 4.79 Å². The van der Waals surface area contributed by atoms with Crippen molar-refractivity contribution in [2.45, 2.75) is 31.7 Å². The standard InChI is InChI=1S/C18H25BN2O7/c22-15(7-11-4-6-20-8-11)21-9-13(10-21)28-14-2-1-12(3-5-19(26)27)17(23)16(14)18(24)25/h1-2,11,13,20,23,26-27H,3-10H2,(H,24,25). The highest BCUT2D eigenvalue weighted by molar-refractivity contribution is 6.41. The van der Waals surface area contributed by atoms with Crippen molar-refractivity contribution in [3.05, 3.63) is 23.3 Å². The molecule has 1 amide bonds. The van der Waals surface area contributed by atoms with Gasteiger partial charge < -0.3 is 35.2 Å². The van der Waals surface area contributed by atoms with E-state index in [0.29, 0.717) is 31.0 Å². The first kappa shape index (κ1) is 20.4. The van der Waals surface area contributed by atoms with Crippen LogP contribution in [0.3, 0.4) is 0 Å². The summed E-state index contributed by atoms with van der Waals surface area (Å²) in [5, 5.41) is 40.8. The first-order valence-electron chi connectivity index (χ1n) is 9.44. The number of aromatic carboxylic acids is 1. The van der Waals surface area contributed by atoms with Crippen LogP contribution in [0.25, 0.3) is 0 Å². The van der Waals surface area contributed by atoms with Crippen LogP contribution in [-0.2, 0) is 11.2 Å². The second-order valence-electron chi connectivity index (χ2n) is 7.37. The molecule has 2 fully saturated rings. The van der Waals surface area contributed by atoms with Crippen LogP contribution >= 0.6 is 0 Å². The Morgan fingerprint density at radius 2 is 2.04 bits per heavy atom. The second kappa shape index (κ2) is 8.81. The summed E-state index contributed by atoms with van der Waals surface area (Å²) < 4.78 is 5.71. The van der Waals surface area contributed by atoms with E-state index in [1.165, 1.54) is 12.1 Å². The number of nitrogens with one attached hydrogen (secondary N) is 1. The van der Waals surface area contributed by atoms with Crippen LogP contribution in [0.1, 0.15) is 28.8 Å². The average Bonchev–Trinajstić information content (AvgIpc) is 3.09. The number of carboxylic acids is 1. The van der Waals surface area contributed by atoms with Gasteiger partial charge in [-0.25, -0.2) is 4.79 Å². The fraction of sp³-hybridized carbons (Fsp3) is 0.556. The Labute approximate surface area is 163 Å². The third kappa shape index (κ3) is 4.75. The van der Waals surface area contributed by atoms with Crippen molar-refractivity contribution in [2.75, 3.05) is 26.2 Å². The van der Waals surface area contributed by atoms with Crippen LogP contribution in [0, 0.1) is 5.92 Å². The molecule has 0 saturated carbocycles. The first-order chi connectivity index (χ1) is 13.3. The Balaban J connectivity index is 1.59. The molecule has 1 aromatic carbocycles. The van der Waals surface area contributed by atoms with Crippen molar-refractivity contribution in [1.82, 2.24) is 10.2 Å². The Hall–Kier alpha value is -2.30. The first-order valence-corrected chi connectivity index (χ1v) is 9.44. The highest BCUT2D eigenvalue weighted by Crippen LogP contribution is 2.34. The fourth-order valence-electron chi connectivity index (χ4n) is 3.57. The molecule has 2 aliphatic heterocycles. The molecule has 2 heterocycles. The molecule has 1 atom stereocenters. The van der Waals surface area contributed by atoms with Crippen molar-refractivity contribution in [2.24, 2.45) is 5.92 Å². The Kier molecular flexibility index (Phi) is 6.43. The predicted octanol–water partition coefficient (Wildman–Crippen LogP) is -0.305.